The Kier molecular flexibility index (Phi) is 4.88. The molecule has 0 bridgehead atoms. The third kappa shape index (κ3) is 3.37. The maximum Gasteiger partial charge on any atom is 0.254 e. The van der Waals surface area contributed by atoms with Crippen LogP contribution in [0.3, 0.4) is 0 Å². The lowest BCUT2D eigenvalue weighted by Gasteiger charge is -2.27. The average Bonchev–Trinajstić information content (AvgIpc) is 3.30. The summed E-state index contributed by atoms with van der Waals surface area (Å²) in [7, 11) is 0. The Morgan fingerprint density at radius 3 is 2.58 bits per heavy atom. The van der Waals surface area contributed by atoms with E-state index in [9.17, 15) is 4.79 Å². The molecule has 1 atom stereocenters. The fraction of sp³-hybridized carbons (Fsp3) is 0.667. The predicted octanol–water partition coefficient (Wildman–Crippen LogP) is 3.66. The Morgan fingerprint density at radius 2 is 1.75 bits per heavy atom. The van der Waals surface area contributed by atoms with Crippen molar-refractivity contribution in [3.05, 3.63) is 34.9 Å². The van der Waals surface area contributed by atoms with Gasteiger partial charge < -0.3 is 9.80 Å². The minimum Gasteiger partial charge on any atom is -0.336 e. The van der Waals surface area contributed by atoms with Crippen LogP contribution in [0.1, 0.15) is 66.4 Å². The molecule has 3 heteroatoms. The van der Waals surface area contributed by atoms with Crippen LogP contribution >= 0.6 is 0 Å². The highest BCUT2D eigenvalue weighted by atomic mass is 16.2. The number of amides is 1. The molecule has 0 aromatic heterocycles. The summed E-state index contributed by atoms with van der Waals surface area (Å²) < 4.78 is 0. The number of aryl methyl sites for hydroxylation is 2. The van der Waals surface area contributed by atoms with Crippen LogP contribution in [-0.4, -0.2) is 47.9 Å². The zero-order valence-corrected chi connectivity index (χ0v) is 14.8. The van der Waals surface area contributed by atoms with E-state index in [1.165, 1.54) is 75.7 Å². The Morgan fingerprint density at radius 1 is 0.958 bits per heavy atom. The van der Waals surface area contributed by atoms with Gasteiger partial charge in [0, 0.05) is 24.7 Å². The van der Waals surface area contributed by atoms with Crippen molar-refractivity contribution in [3.63, 3.8) is 0 Å². The largest absolute Gasteiger partial charge is 0.336 e. The Bertz CT molecular complexity index is 592. The van der Waals surface area contributed by atoms with Crippen molar-refractivity contribution in [3.8, 4) is 0 Å². The van der Waals surface area contributed by atoms with E-state index in [4.69, 9.17) is 0 Å². The summed E-state index contributed by atoms with van der Waals surface area (Å²) in [4.78, 5) is 17.8. The number of benzene rings is 1. The van der Waals surface area contributed by atoms with Crippen LogP contribution in [0.5, 0.6) is 0 Å². The molecule has 2 aliphatic heterocycles. The number of hydrogen-bond donors (Lipinski definition) is 0. The molecule has 2 heterocycles. The van der Waals surface area contributed by atoms with Crippen LogP contribution in [0.4, 0.5) is 0 Å². The molecule has 1 aliphatic carbocycles. The molecule has 1 aromatic rings. The molecular formula is C21H30N2O. The third-order valence-electron chi connectivity index (χ3n) is 6.21. The third-order valence-corrected chi connectivity index (χ3v) is 6.21. The van der Waals surface area contributed by atoms with Crippen LogP contribution < -0.4 is 0 Å². The van der Waals surface area contributed by atoms with Gasteiger partial charge in [-0.25, -0.2) is 0 Å². The molecule has 3 aliphatic rings. The van der Waals surface area contributed by atoms with Crippen LogP contribution in [0.2, 0.25) is 0 Å². The molecule has 0 radical (unpaired) electrons. The zero-order chi connectivity index (χ0) is 16.4. The molecule has 2 saturated heterocycles. The van der Waals surface area contributed by atoms with Gasteiger partial charge in [-0.15, -0.1) is 0 Å². The van der Waals surface area contributed by atoms with Crippen LogP contribution in [0.15, 0.2) is 18.2 Å². The van der Waals surface area contributed by atoms with Crippen molar-refractivity contribution in [2.24, 2.45) is 0 Å². The first-order valence-electron chi connectivity index (χ1n) is 9.96. The number of fused-ring (bicyclic) bond motifs is 1. The second-order valence-electron chi connectivity index (χ2n) is 7.82. The lowest BCUT2D eigenvalue weighted by atomic mass is 9.90. The molecule has 3 nitrogen and oxygen atoms in total. The Balaban J connectivity index is 1.42. The van der Waals surface area contributed by atoms with E-state index in [-0.39, 0.29) is 5.91 Å². The molecule has 0 saturated carbocycles. The van der Waals surface area contributed by atoms with Crippen molar-refractivity contribution < 1.29 is 4.79 Å². The van der Waals surface area contributed by atoms with Gasteiger partial charge in [0.05, 0.1) is 0 Å². The first-order valence-corrected chi connectivity index (χ1v) is 9.96. The number of nitrogens with zero attached hydrogens (tertiary/aromatic N) is 2. The molecule has 2 fully saturated rings. The van der Waals surface area contributed by atoms with Gasteiger partial charge >= 0.3 is 0 Å². The van der Waals surface area contributed by atoms with Crippen LogP contribution in [0, 0.1) is 0 Å². The SMILES string of the molecule is O=C(c1ccc2c(c1)CCCC2)N1CCC[C@H]1CCN1CCCC1. The molecule has 1 amide bonds. The lowest BCUT2D eigenvalue weighted by molar-refractivity contribution is 0.0723. The number of rotatable bonds is 4. The maximum atomic E-state index is 13.1. The standard InChI is InChI=1S/C21H30N2O/c24-21(19-10-9-17-6-1-2-7-18(17)16-19)23-14-5-8-20(23)11-15-22-12-3-4-13-22/h9-10,16,20H,1-8,11-15H2/t20-/m0/s1. The summed E-state index contributed by atoms with van der Waals surface area (Å²) >= 11 is 0. The van der Waals surface area contributed by atoms with E-state index >= 15 is 0 Å². The summed E-state index contributed by atoms with van der Waals surface area (Å²) in [5.74, 6) is 0.271. The highest BCUT2D eigenvalue weighted by Crippen LogP contribution is 2.26. The van der Waals surface area contributed by atoms with E-state index in [2.05, 4.69) is 28.0 Å². The van der Waals surface area contributed by atoms with Crippen molar-refractivity contribution in [1.82, 2.24) is 9.80 Å². The first-order chi connectivity index (χ1) is 11.8. The van der Waals surface area contributed by atoms with E-state index in [1.807, 2.05) is 0 Å². The van der Waals surface area contributed by atoms with Gasteiger partial charge in [0.2, 0.25) is 0 Å². The van der Waals surface area contributed by atoms with Crippen molar-refractivity contribution in [2.75, 3.05) is 26.2 Å². The highest BCUT2D eigenvalue weighted by molar-refractivity contribution is 5.95. The molecule has 0 N–H and O–H groups in total. The molecule has 130 valence electrons. The summed E-state index contributed by atoms with van der Waals surface area (Å²) in [6, 6.07) is 6.92. The summed E-state index contributed by atoms with van der Waals surface area (Å²) in [6.45, 7) is 4.62. The van der Waals surface area contributed by atoms with E-state index in [1.54, 1.807) is 0 Å². The molecule has 24 heavy (non-hydrogen) atoms. The molecular weight excluding hydrogens is 296 g/mol. The van der Waals surface area contributed by atoms with Gasteiger partial charge in [0.25, 0.3) is 5.91 Å². The first kappa shape index (κ1) is 16.1. The van der Waals surface area contributed by atoms with Gasteiger partial charge in [-0.2, -0.15) is 0 Å². The maximum absolute atomic E-state index is 13.1. The quantitative estimate of drug-likeness (QED) is 0.843. The topological polar surface area (TPSA) is 23.6 Å². The molecule has 0 spiro atoms. The van der Waals surface area contributed by atoms with Gasteiger partial charge in [0.1, 0.15) is 0 Å². The normalized spacial score (nSPS) is 24.3. The lowest BCUT2D eigenvalue weighted by Crippen LogP contribution is -2.37. The minimum atomic E-state index is 0.271. The summed E-state index contributed by atoms with van der Waals surface area (Å²) in [6.07, 6.45) is 11.1. The number of likely N-dealkylation sites (tertiary alicyclic amines) is 2. The number of hydrogen-bond acceptors (Lipinski definition) is 2. The van der Waals surface area contributed by atoms with Crippen molar-refractivity contribution in [1.29, 1.82) is 0 Å². The summed E-state index contributed by atoms with van der Waals surface area (Å²) in [5.41, 5.74) is 3.80. The van der Waals surface area contributed by atoms with Gasteiger partial charge in [0.15, 0.2) is 0 Å². The smallest absolute Gasteiger partial charge is 0.254 e. The van der Waals surface area contributed by atoms with Gasteiger partial charge in [-0.05, 0) is 94.1 Å². The molecule has 1 aromatic carbocycles. The minimum absolute atomic E-state index is 0.271. The second kappa shape index (κ2) is 7.26. The zero-order valence-electron chi connectivity index (χ0n) is 14.8. The number of carbonyl (C=O) groups excluding carboxylic acids is 1. The molecule has 4 rings (SSSR count). The van der Waals surface area contributed by atoms with E-state index in [0.29, 0.717) is 6.04 Å². The van der Waals surface area contributed by atoms with E-state index < -0.39 is 0 Å². The summed E-state index contributed by atoms with van der Waals surface area (Å²) in [5, 5.41) is 0. The predicted molar refractivity (Wildman–Crippen MR) is 97.4 cm³/mol. The highest BCUT2D eigenvalue weighted by Gasteiger charge is 2.30. The fourth-order valence-corrected chi connectivity index (χ4v) is 4.77. The van der Waals surface area contributed by atoms with Crippen molar-refractivity contribution >= 4 is 5.91 Å². The van der Waals surface area contributed by atoms with Crippen LogP contribution in [0.25, 0.3) is 0 Å². The second-order valence-corrected chi connectivity index (χ2v) is 7.82. The Hall–Kier alpha value is -1.35. The van der Waals surface area contributed by atoms with Gasteiger partial charge in [-0.1, -0.05) is 6.07 Å². The van der Waals surface area contributed by atoms with Crippen LogP contribution in [-0.2, 0) is 12.8 Å². The van der Waals surface area contributed by atoms with Crippen molar-refractivity contribution in [2.45, 2.75) is 63.8 Å². The molecule has 0 unspecified atom stereocenters. The monoisotopic (exact) mass is 326 g/mol. The fourth-order valence-electron chi connectivity index (χ4n) is 4.77. The van der Waals surface area contributed by atoms with E-state index in [0.717, 1.165) is 24.9 Å². The Labute approximate surface area is 146 Å². The van der Waals surface area contributed by atoms with Gasteiger partial charge in [-0.3, -0.25) is 4.79 Å². The average molecular weight is 326 g/mol. The number of carbonyl (C=O) groups is 1.